The van der Waals surface area contributed by atoms with E-state index in [9.17, 15) is 14.9 Å². The summed E-state index contributed by atoms with van der Waals surface area (Å²) in [5.74, 6) is -0.297. The fourth-order valence-electron chi connectivity index (χ4n) is 2.23. The van der Waals surface area contributed by atoms with Crippen molar-refractivity contribution in [1.82, 2.24) is 5.32 Å². The van der Waals surface area contributed by atoms with Crippen LogP contribution in [0.15, 0.2) is 18.2 Å². The van der Waals surface area contributed by atoms with Crippen LogP contribution in [0.4, 0.5) is 11.4 Å². The number of nitro benzene ring substituents is 1. The van der Waals surface area contributed by atoms with E-state index < -0.39 is 4.92 Å². The van der Waals surface area contributed by atoms with Gasteiger partial charge in [0, 0.05) is 18.2 Å². The van der Waals surface area contributed by atoms with E-state index in [0.29, 0.717) is 6.54 Å². The zero-order valence-electron chi connectivity index (χ0n) is 13.1. The molecule has 0 heterocycles. The number of anilines is 1. The maximum atomic E-state index is 11.9. The highest BCUT2D eigenvalue weighted by Crippen LogP contribution is 2.22. The second kappa shape index (κ2) is 9.76. The molecular weight excluding hydrogens is 282 g/mol. The third-order valence-corrected chi connectivity index (χ3v) is 3.56. The number of nitro groups is 1. The monoisotopic (exact) mass is 307 g/mol. The molecule has 122 valence electrons. The molecule has 0 aliphatic rings. The number of nitrogens with two attached hydrogens (primary N) is 1. The summed E-state index contributed by atoms with van der Waals surface area (Å²) >= 11 is 0. The lowest BCUT2D eigenvalue weighted by molar-refractivity contribution is -0.383. The van der Waals surface area contributed by atoms with Crippen LogP contribution in [-0.4, -0.2) is 17.4 Å². The summed E-state index contributed by atoms with van der Waals surface area (Å²) in [7, 11) is 0. The van der Waals surface area contributed by atoms with Crippen molar-refractivity contribution < 1.29 is 9.72 Å². The van der Waals surface area contributed by atoms with Crippen molar-refractivity contribution in [3.8, 4) is 0 Å². The van der Waals surface area contributed by atoms with E-state index in [1.54, 1.807) is 0 Å². The first-order chi connectivity index (χ1) is 10.6. The molecule has 1 aromatic rings. The van der Waals surface area contributed by atoms with Crippen LogP contribution in [0, 0.1) is 10.1 Å². The predicted octanol–water partition coefficient (Wildman–Crippen LogP) is 3.66. The van der Waals surface area contributed by atoms with Crippen LogP contribution in [0.1, 0.15) is 62.2 Å². The number of hydrogen-bond acceptors (Lipinski definition) is 4. The molecule has 1 aromatic carbocycles. The minimum Gasteiger partial charge on any atom is -0.393 e. The highest BCUT2D eigenvalue weighted by Gasteiger charge is 2.15. The first-order valence-corrected chi connectivity index (χ1v) is 7.88. The molecule has 0 saturated heterocycles. The number of carbonyl (C=O) groups excluding carboxylic acids is 1. The smallest absolute Gasteiger partial charge is 0.292 e. The first kappa shape index (κ1) is 17.9. The average molecular weight is 307 g/mol. The zero-order valence-corrected chi connectivity index (χ0v) is 13.1. The molecule has 0 radical (unpaired) electrons. The van der Waals surface area contributed by atoms with E-state index >= 15 is 0 Å². The lowest BCUT2D eigenvalue weighted by Gasteiger charge is -2.06. The lowest BCUT2D eigenvalue weighted by Crippen LogP contribution is -2.24. The molecule has 0 aliphatic carbocycles. The van der Waals surface area contributed by atoms with Gasteiger partial charge in [-0.3, -0.25) is 14.9 Å². The number of carbonyl (C=O) groups is 1. The molecule has 3 N–H and O–H groups in total. The molecule has 0 unspecified atom stereocenters. The standard InChI is InChI=1S/C16H25N3O3/c1-2-3-4-5-6-7-8-11-18-16(20)13-9-10-14(17)15(12-13)19(21)22/h9-10,12H,2-8,11,17H2,1H3,(H,18,20). The summed E-state index contributed by atoms with van der Waals surface area (Å²) in [6.45, 7) is 2.78. The number of nitrogens with one attached hydrogen (secondary N) is 1. The van der Waals surface area contributed by atoms with Gasteiger partial charge in [-0.25, -0.2) is 0 Å². The molecule has 1 rings (SSSR count). The zero-order chi connectivity index (χ0) is 16.4. The molecule has 0 fully saturated rings. The van der Waals surface area contributed by atoms with Crippen molar-refractivity contribution in [1.29, 1.82) is 0 Å². The normalized spacial score (nSPS) is 10.4. The van der Waals surface area contributed by atoms with Crippen molar-refractivity contribution >= 4 is 17.3 Å². The van der Waals surface area contributed by atoms with Gasteiger partial charge in [0.15, 0.2) is 0 Å². The predicted molar refractivity (Wildman–Crippen MR) is 87.8 cm³/mol. The Morgan fingerprint density at radius 2 is 1.82 bits per heavy atom. The largest absolute Gasteiger partial charge is 0.393 e. The fraction of sp³-hybridized carbons (Fsp3) is 0.562. The fourth-order valence-corrected chi connectivity index (χ4v) is 2.23. The highest BCUT2D eigenvalue weighted by molar-refractivity contribution is 5.95. The molecule has 1 amide bonds. The molecular formula is C16H25N3O3. The van der Waals surface area contributed by atoms with Gasteiger partial charge in [0.05, 0.1) is 4.92 Å². The number of hydrogen-bond donors (Lipinski definition) is 2. The van der Waals surface area contributed by atoms with Gasteiger partial charge >= 0.3 is 0 Å². The molecule has 0 atom stereocenters. The van der Waals surface area contributed by atoms with Crippen LogP contribution in [0.3, 0.4) is 0 Å². The number of unbranched alkanes of at least 4 members (excludes halogenated alkanes) is 6. The minimum atomic E-state index is -0.581. The summed E-state index contributed by atoms with van der Waals surface area (Å²) < 4.78 is 0. The Kier molecular flexibility index (Phi) is 7.96. The van der Waals surface area contributed by atoms with Crippen LogP contribution in [0.2, 0.25) is 0 Å². The van der Waals surface area contributed by atoms with Gasteiger partial charge in [0.25, 0.3) is 11.6 Å². The van der Waals surface area contributed by atoms with Gasteiger partial charge < -0.3 is 11.1 Å². The molecule has 0 saturated carbocycles. The Hall–Kier alpha value is -2.11. The summed E-state index contributed by atoms with van der Waals surface area (Å²) in [5.41, 5.74) is 5.60. The Balaban J connectivity index is 2.31. The Bertz CT molecular complexity index is 503. The quantitative estimate of drug-likeness (QED) is 0.298. The first-order valence-electron chi connectivity index (χ1n) is 7.88. The van der Waals surface area contributed by atoms with Gasteiger partial charge in [0.1, 0.15) is 5.69 Å². The van der Waals surface area contributed by atoms with Gasteiger partial charge in [-0.05, 0) is 18.6 Å². The van der Waals surface area contributed by atoms with Gasteiger partial charge in [-0.15, -0.1) is 0 Å². The molecule has 22 heavy (non-hydrogen) atoms. The molecule has 0 spiro atoms. The van der Waals surface area contributed by atoms with E-state index in [2.05, 4.69) is 12.2 Å². The third-order valence-electron chi connectivity index (χ3n) is 3.56. The van der Waals surface area contributed by atoms with Gasteiger partial charge in [-0.1, -0.05) is 45.4 Å². The van der Waals surface area contributed by atoms with E-state index in [0.717, 1.165) is 12.8 Å². The summed E-state index contributed by atoms with van der Waals surface area (Å²) in [5, 5.41) is 13.6. The third kappa shape index (κ3) is 6.11. The maximum absolute atomic E-state index is 11.9. The number of nitrogen functional groups attached to an aromatic ring is 1. The maximum Gasteiger partial charge on any atom is 0.292 e. The Morgan fingerprint density at radius 1 is 1.18 bits per heavy atom. The van der Waals surface area contributed by atoms with Crippen LogP contribution < -0.4 is 11.1 Å². The van der Waals surface area contributed by atoms with Crippen LogP contribution in [0.25, 0.3) is 0 Å². The van der Waals surface area contributed by atoms with Crippen LogP contribution in [-0.2, 0) is 0 Å². The Labute approximate surface area is 131 Å². The average Bonchev–Trinajstić information content (AvgIpc) is 2.49. The number of nitrogens with zero attached hydrogens (tertiary/aromatic N) is 1. The summed E-state index contributed by atoms with van der Waals surface area (Å²) in [6.07, 6.45) is 8.24. The number of amides is 1. The topological polar surface area (TPSA) is 98.3 Å². The van der Waals surface area contributed by atoms with E-state index in [1.165, 1.54) is 50.3 Å². The molecule has 0 aliphatic heterocycles. The van der Waals surface area contributed by atoms with Crippen molar-refractivity contribution in [2.75, 3.05) is 12.3 Å². The lowest BCUT2D eigenvalue weighted by atomic mass is 10.1. The van der Waals surface area contributed by atoms with Gasteiger partial charge in [0.2, 0.25) is 0 Å². The van der Waals surface area contributed by atoms with Gasteiger partial charge in [-0.2, -0.15) is 0 Å². The van der Waals surface area contributed by atoms with E-state index in [1.807, 2.05) is 0 Å². The second-order valence-electron chi connectivity index (χ2n) is 5.41. The molecule has 6 heteroatoms. The van der Waals surface area contributed by atoms with E-state index in [-0.39, 0.29) is 22.8 Å². The minimum absolute atomic E-state index is 0.0635. The number of benzene rings is 1. The number of rotatable bonds is 10. The van der Waals surface area contributed by atoms with Crippen LogP contribution in [0.5, 0.6) is 0 Å². The Morgan fingerprint density at radius 3 is 2.45 bits per heavy atom. The van der Waals surface area contributed by atoms with Crippen molar-refractivity contribution in [2.45, 2.75) is 51.9 Å². The SMILES string of the molecule is CCCCCCCCCNC(=O)c1ccc(N)c([N+](=O)[O-])c1. The molecule has 0 bridgehead atoms. The van der Waals surface area contributed by atoms with Crippen molar-refractivity contribution in [3.63, 3.8) is 0 Å². The molecule has 0 aromatic heterocycles. The molecule has 6 nitrogen and oxygen atoms in total. The summed E-state index contributed by atoms with van der Waals surface area (Å²) in [4.78, 5) is 22.1. The van der Waals surface area contributed by atoms with Crippen molar-refractivity contribution in [2.24, 2.45) is 0 Å². The van der Waals surface area contributed by atoms with E-state index in [4.69, 9.17) is 5.73 Å². The highest BCUT2D eigenvalue weighted by atomic mass is 16.6. The van der Waals surface area contributed by atoms with Crippen LogP contribution >= 0.6 is 0 Å². The second-order valence-corrected chi connectivity index (χ2v) is 5.41. The van der Waals surface area contributed by atoms with Crippen molar-refractivity contribution in [3.05, 3.63) is 33.9 Å². The summed E-state index contributed by atoms with van der Waals surface area (Å²) in [6, 6.07) is 4.11.